The standard InChI is InChI=1S/C13H17NO2S/c1-3-10-14(11-4-2)17(15,16)12-13-8-6-5-7-9-13/h3-9H,1-2,10-12H2. The first kappa shape index (κ1) is 13.7. The molecule has 0 atom stereocenters. The van der Waals surface area contributed by atoms with Gasteiger partial charge in [0.15, 0.2) is 0 Å². The van der Waals surface area contributed by atoms with E-state index >= 15 is 0 Å². The van der Waals surface area contributed by atoms with E-state index in [1.165, 1.54) is 4.31 Å². The van der Waals surface area contributed by atoms with E-state index in [0.29, 0.717) is 13.1 Å². The average molecular weight is 251 g/mol. The third-order valence-electron chi connectivity index (χ3n) is 2.25. The van der Waals surface area contributed by atoms with Crippen molar-refractivity contribution in [1.29, 1.82) is 0 Å². The number of benzene rings is 1. The Morgan fingerprint density at radius 3 is 2.06 bits per heavy atom. The zero-order valence-corrected chi connectivity index (χ0v) is 10.6. The molecule has 0 aromatic heterocycles. The van der Waals surface area contributed by atoms with Gasteiger partial charge in [0.1, 0.15) is 0 Å². The van der Waals surface area contributed by atoms with E-state index < -0.39 is 10.0 Å². The van der Waals surface area contributed by atoms with E-state index in [2.05, 4.69) is 13.2 Å². The van der Waals surface area contributed by atoms with Crippen LogP contribution in [0.3, 0.4) is 0 Å². The van der Waals surface area contributed by atoms with E-state index in [-0.39, 0.29) is 5.75 Å². The lowest BCUT2D eigenvalue weighted by Gasteiger charge is -2.18. The zero-order chi connectivity index (χ0) is 12.7. The maximum Gasteiger partial charge on any atom is 0.218 e. The molecule has 17 heavy (non-hydrogen) atoms. The van der Waals surface area contributed by atoms with Crippen LogP contribution in [0.15, 0.2) is 55.6 Å². The van der Waals surface area contributed by atoms with Crippen LogP contribution in [-0.4, -0.2) is 25.8 Å². The van der Waals surface area contributed by atoms with Crippen molar-refractivity contribution in [2.24, 2.45) is 0 Å². The van der Waals surface area contributed by atoms with Gasteiger partial charge in [0.05, 0.1) is 5.75 Å². The molecule has 4 heteroatoms. The summed E-state index contributed by atoms with van der Waals surface area (Å²) in [6.07, 6.45) is 3.15. The summed E-state index contributed by atoms with van der Waals surface area (Å²) in [6.45, 7) is 7.74. The van der Waals surface area contributed by atoms with Crippen LogP contribution >= 0.6 is 0 Å². The Hall–Kier alpha value is -1.39. The van der Waals surface area contributed by atoms with Gasteiger partial charge in [0.25, 0.3) is 0 Å². The first-order valence-corrected chi connectivity index (χ1v) is 6.94. The van der Waals surface area contributed by atoms with Crippen LogP contribution < -0.4 is 0 Å². The lowest BCUT2D eigenvalue weighted by molar-refractivity contribution is 0.473. The Morgan fingerprint density at radius 1 is 1.06 bits per heavy atom. The summed E-state index contributed by atoms with van der Waals surface area (Å²) in [6, 6.07) is 9.13. The minimum Gasteiger partial charge on any atom is -0.212 e. The van der Waals surface area contributed by atoms with Gasteiger partial charge >= 0.3 is 0 Å². The number of rotatable bonds is 7. The van der Waals surface area contributed by atoms with Gasteiger partial charge in [0, 0.05) is 13.1 Å². The topological polar surface area (TPSA) is 37.4 Å². The normalized spacial score (nSPS) is 11.4. The zero-order valence-electron chi connectivity index (χ0n) is 9.75. The maximum absolute atomic E-state index is 12.1. The number of hydrogen-bond donors (Lipinski definition) is 0. The fraction of sp³-hybridized carbons (Fsp3) is 0.231. The summed E-state index contributed by atoms with van der Waals surface area (Å²) < 4.78 is 25.6. The van der Waals surface area contributed by atoms with Gasteiger partial charge in [-0.1, -0.05) is 42.5 Å². The highest BCUT2D eigenvalue weighted by Gasteiger charge is 2.19. The summed E-state index contributed by atoms with van der Waals surface area (Å²) >= 11 is 0. The molecule has 0 heterocycles. The monoisotopic (exact) mass is 251 g/mol. The number of sulfonamides is 1. The molecule has 0 radical (unpaired) electrons. The third kappa shape index (κ3) is 4.17. The summed E-state index contributed by atoms with van der Waals surface area (Å²) in [5, 5.41) is 0. The Kier molecular flexibility index (Phi) is 5.12. The molecule has 0 unspecified atom stereocenters. The van der Waals surface area contributed by atoms with Crippen LogP contribution in [-0.2, 0) is 15.8 Å². The Labute approximate surface area is 103 Å². The lowest BCUT2D eigenvalue weighted by atomic mass is 10.2. The minimum absolute atomic E-state index is 0.00944. The highest BCUT2D eigenvalue weighted by atomic mass is 32.2. The Morgan fingerprint density at radius 2 is 1.59 bits per heavy atom. The summed E-state index contributed by atoms with van der Waals surface area (Å²) in [5.74, 6) is 0.00944. The molecular formula is C13H17NO2S. The predicted octanol–water partition coefficient (Wildman–Crippen LogP) is 2.19. The Balaban J connectivity index is 2.85. The molecule has 92 valence electrons. The van der Waals surface area contributed by atoms with Gasteiger partial charge < -0.3 is 0 Å². The van der Waals surface area contributed by atoms with Crippen molar-refractivity contribution in [2.45, 2.75) is 5.75 Å². The van der Waals surface area contributed by atoms with Crippen LogP contribution in [0.2, 0.25) is 0 Å². The molecule has 1 aromatic rings. The molecule has 0 N–H and O–H groups in total. The molecular weight excluding hydrogens is 234 g/mol. The Bertz CT molecular complexity index is 455. The molecule has 1 rings (SSSR count). The molecule has 0 aliphatic heterocycles. The smallest absolute Gasteiger partial charge is 0.212 e. The van der Waals surface area contributed by atoms with Gasteiger partial charge in [-0.05, 0) is 5.56 Å². The largest absolute Gasteiger partial charge is 0.218 e. The van der Waals surface area contributed by atoms with E-state index in [1.807, 2.05) is 18.2 Å². The second-order valence-electron chi connectivity index (χ2n) is 3.64. The lowest BCUT2D eigenvalue weighted by Crippen LogP contribution is -2.32. The van der Waals surface area contributed by atoms with E-state index in [4.69, 9.17) is 0 Å². The molecule has 0 saturated heterocycles. The van der Waals surface area contributed by atoms with Gasteiger partial charge in [-0.25, -0.2) is 8.42 Å². The fourth-order valence-electron chi connectivity index (χ4n) is 1.47. The number of hydrogen-bond acceptors (Lipinski definition) is 2. The molecule has 0 aliphatic rings. The molecule has 0 aliphatic carbocycles. The molecule has 1 aromatic carbocycles. The first-order chi connectivity index (χ1) is 8.10. The quantitative estimate of drug-likeness (QED) is 0.697. The fourth-order valence-corrected chi connectivity index (χ4v) is 2.93. The summed E-state index contributed by atoms with van der Waals surface area (Å²) in [7, 11) is -3.31. The minimum atomic E-state index is -3.31. The van der Waals surface area contributed by atoms with Gasteiger partial charge in [-0.15, -0.1) is 13.2 Å². The first-order valence-electron chi connectivity index (χ1n) is 5.33. The van der Waals surface area contributed by atoms with E-state index in [0.717, 1.165) is 5.56 Å². The van der Waals surface area contributed by atoms with Crippen molar-refractivity contribution in [2.75, 3.05) is 13.1 Å². The molecule has 3 nitrogen and oxygen atoms in total. The van der Waals surface area contributed by atoms with Crippen molar-refractivity contribution in [3.8, 4) is 0 Å². The molecule has 0 bridgehead atoms. The summed E-state index contributed by atoms with van der Waals surface area (Å²) in [4.78, 5) is 0. The maximum atomic E-state index is 12.1. The molecule has 0 saturated carbocycles. The van der Waals surface area contributed by atoms with Crippen LogP contribution in [0.1, 0.15) is 5.56 Å². The van der Waals surface area contributed by atoms with Crippen molar-refractivity contribution in [3.05, 3.63) is 61.2 Å². The van der Waals surface area contributed by atoms with Crippen LogP contribution in [0.25, 0.3) is 0 Å². The van der Waals surface area contributed by atoms with Gasteiger partial charge in [-0.2, -0.15) is 4.31 Å². The van der Waals surface area contributed by atoms with Crippen molar-refractivity contribution >= 4 is 10.0 Å². The van der Waals surface area contributed by atoms with Crippen molar-refractivity contribution in [3.63, 3.8) is 0 Å². The average Bonchev–Trinajstić information content (AvgIpc) is 2.29. The highest BCUT2D eigenvalue weighted by Crippen LogP contribution is 2.10. The molecule has 0 amide bonds. The predicted molar refractivity (Wildman–Crippen MR) is 71.0 cm³/mol. The molecule has 0 spiro atoms. The van der Waals surface area contributed by atoms with E-state index in [1.54, 1.807) is 24.3 Å². The second kappa shape index (κ2) is 6.37. The van der Waals surface area contributed by atoms with E-state index in [9.17, 15) is 8.42 Å². The van der Waals surface area contributed by atoms with Crippen molar-refractivity contribution < 1.29 is 8.42 Å². The van der Waals surface area contributed by atoms with Gasteiger partial charge in [0.2, 0.25) is 10.0 Å². The van der Waals surface area contributed by atoms with Gasteiger partial charge in [-0.3, -0.25) is 0 Å². The van der Waals surface area contributed by atoms with Crippen LogP contribution in [0.5, 0.6) is 0 Å². The SMILES string of the molecule is C=CCN(CC=C)S(=O)(=O)Cc1ccccc1. The summed E-state index contributed by atoms with van der Waals surface area (Å²) in [5.41, 5.74) is 0.783. The number of nitrogens with zero attached hydrogens (tertiary/aromatic N) is 1. The highest BCUT2D eigenvalue weighted by molar-refractivity contribution is 7.88. The molecule has 0 fully saturated rings. The van der Waals surface area contributed by atoms with Crippen LogP contribution in [0.4, 0.5) is 0 Å². The van der Waals surface area contributed by atoms with Crippen LogP contribution in [0, 0.1) is 0 Å². The second-order valence-corrected chi connectivity index (χ2v) is 5.61. The third-order valence-corrected chi connectivity index (χ3v) is 4.03. The van der Waals surface area contributed by atoms with Crippen molar-refractivity contribution in [1.82, 2.24) is 4.31 Å².